The minimum absolute atomic E-state index is 0.00153. The normalized spacial score (nSPS) is 11.0. The lowest BCUT2D eigenvalue weighted by molar-refractivity contribution is -0.114. The Kier molecular flexibility index (Phi) is 9.84. The molecule has 9 nitrogen and oxygen atoms in total. The van der Waals surface area contributed by atoms with Gasteiger partial charge in [-0.2, -0.15) is 0 Å². The van der Waals surface area contributed by atoms with E-state index in [9.17, 15) is 18.0 Å². The molecule has 0 heterocycles. The molecule has 0 atom stereocenters. The van der Waals surface area contributed by atoms with Gasteiger partial charge in [0, 0.05) is 6.54 Å². The van der Waals surface area contributed by atoms with Gasteiger partial charge < -0.3 is 20.1 Å². The van der Waals surface area contributed by atoms with Gasteiger partial charge in [0.1, 0.15) is 6.54 Å². The number of rotatable bonds is 11. The molecule has 2 N–H and O–H groups in total. The van der Waals surface area contributed by atoms with Crippen LogP contribution in [0.1, 0.15) is 15.9 Å². The Morgan fingerprint density at radius 2 is 1.66 bits per heavy atom. The van der Waals surface area contributed by atoms with Crippen molar-refractivity contribution in [3.63, 3.8) is 0 Å². The predicted octanol–water partition coefficient (Wildman–Crippen LogP) is 4.39. The minimum atomic E-state index is -3.89. The van der Waals surface area contributed by atoms with Crippen molar-refractivity contribution in [1.29, 1.82) is 0 Å². The molecule has 0 aliphatic carbocycles. The number of benzene rings is 3. The standard InChI is InChI=1S/C26H27Cl2N3O6S/c1-36-22-12-11-17(15-23(22)37-2)13-14-29-26(33)18-7-4-5-9-20(18)30-24(32)16-31(38(3,34)35)21-10-6-8-19(27)25(21)28/h4-12,15H,13-14,16H2,1-3H3,(H,29,33)(H,30,32). The molecule has 0 bridgehead atoms. The van der Waals surface area contributed by atoms with Crippen LogP contribution in [0, 0.1) is 0 Å². The van der Waals surface area contributed by atoms with E-state index in [1.807, 2.05) is 12.1 Å². The summed E-state index contributed by atoms with van der Waals surface area (Å²) in [6.45, 7) is -0.250. The predicted molar refractivity (Wildman–Crippen MR) is 149 cm³/mol. The largest absolute Gasteiger partial charge is 0.493 e. The lowest BCUT2D eigenvalue weighted by atomic mass is 10.1. The second kappa shape index (κ2) is 12.9. The third-order valence-corrected chi connectivity index (χ3v) is 7.42. The van der Waals surface area contributed by atoms with Crippen LogP contribution in [0.3, 0.4) is 0 Å². The maximum atomic E-state index is 12.9. The number of nitrogens with zero attached hydrogens (tertiary/aromatic N) is 1. The van der Waals surface area contributed by atoms with E-state index < -0.39 is 28.4 Å². The zero-order chi connectivity index (χ0) is 27.9. The van der Waals surface area contributed by atoms with Crippen molar-refractivity contribution < 1.29 is 27.5 Å². The van der Waals surface area contributed by atoms with Crippen molar-refractivity contribution in [2.45, 2.75) is 6.42 Å². The number of hydrogen-bond donors (Lipinski definition) is 2. The summed E-state index contributed by atoms with van der Waals surface area (Å²) < 4.78 is 36.3. The Morgan fingerprint density at radius 3 is 2.34 bits per heavy atom. The smallest absolute Gasteiger partial charge is 0.253 e. The number of hydrogen-bond acceptors (Lipinski definition) is 6. The Hall–Kier alpha value is -3.47. The molecule has 0 fully saturated rings. The molecule has 0 aliphatic rings. The monoisotopic (exact) mass is 579 g/mol. The number of methoxy groups -OCH3 is 2. The van der Waals surface area contributed by atoms with Gasteiger partial charge in [0.15, 0.2) is 11.5 Å². The van der Waals surface area contributed by atoms with Gasteiger partial charge in [-0.3, -0.25) is 13.9 Å². The number of halogens is 2. The molecule has 0 spiro atoms. The number of sulfonamides is 1. The van der Waals surface area contributed by atoms with Crippen molar-refractivity contribution >= 4 is 56.4 Å². The second-order valence-electron chi connectivity index (χ2n) is 8.13. The maximum absolute atomic E-state index is 12.9. The summed E-state index contributed by atoms with van der Waals surface area (Å²) in [6, 6.07) is 16.4. The van der Waals surface area contributed by atoms with Gasteiger partial charge in [-0.05, 0) is 48.4 Å². The summed E-state index contributed by atoms with van der Waals surface area (Å²) in [4.78, 5) is 25.8. The molecule has 0 aromatic heterocycles. The molecule has 38 heavy (non-hydrogen) atoms. The quantitative estimate of drug-likeness (QED) is 0.348. The number of carbonyl (C=O) groups is 2. The maximum Gasteiger partial charge on any atom is 0.253 e. The van der Waals surface area contributed by atoms with Crippen LogP contribution in [0.25, 0.3) is 0 Å². The number of nitrogens with one attached hydrogen (secondary N) is 2. The van der Waals surface area contributed by atoms with Crippen LogP contribution < -0.4 is 24.4 Å². The Labute approximate surface area is 231 Å². The second-order valence-corrected chi connectivity index (χ2v) is 10.8. The van der Waals surface area contributed by atoms with Crippen LogP contribution in [-0.4, -0.2) is 53.8 Å². The molecule has 202 valence electrons. The highest BCUT2D eigenvalue weighted by Crippen LogP contribution is 2.33. The average molecular weight is 580 g/mol. The van der Waals surface area contributed by atoms with E-state index in [-0.39, 0.29) is 27.0 Å². The van der Waals surface area contributed by atoms with Crippen molar-refractivity contribution in [2.75, 3.05) is 43.2 Å². The van der Waals surface area contributed by atoms with E-state index in [0.29, 0.717) is 24.5 Å². The first-order chi connectivity index (χ1) is 18.0. The van der Waals surface area contributed by atoms with E-state index in [4.69, 9.17) is 32.7 Å². The van der Waals surface area contributed by atoms with Gasteiger partial charge in [-0.1, -0.05) is 47.5 Å². The van der Waals surface area contributed by atoms with E-state index in [0.717, 1.165) is 16.1 Å². The fourth-order valence-corrected chi connectivity index (χ4v) is 4.94. The van der Waals surface area contributed by atoms with Gasteiger partial charge >= 0.3 is 0 Å². The molecule has 0 radical (unpaired) electrons. The summed E-state index contributed by atoms with van der Waals surface area (Å²) in [7, 11) is -0.782. The lowest BCUT2D eigenvalue weighted by Crippen LogP contribution is -2.38. The molecule has 3 aromatic rings. The third-order valence-electron chi connectivity index (χ3n) is 5.48. The summed E-state index contributed by atoms with van der Waals surface area (Å²) in [6.07, 6.45) is 1.49. The highest BCUT2D eigenvalue weighted by atomic mass is 35.5. The van der Waals surface area contributed by atoms with Gasteiger partial charge in [-0.25, -0.2) is 8.42 Å². The van der Waals surface area contributed by atoms with E-state index >= 15 is 0 Å². The zero-order valence-corrected chi connectivity index (χ0v) is 23.3. The Bertz CT molecular complexity index is 1430. The topological polar surface area (TPSA) is 114 Å². The summed E-state index contributed by atoms with van der Waals surface area (Å²) in [5.74, 6) is 0.125. The van der Waals surface area contributed by atoms with Crippen LogP contribution in [0.5, 0.6) is 11.5 Å². The fourth-order valence-electron chi connectivity index (χ4n) is 3.63. The van der Waals surface area contributed by atoms with Crippen LogP contribution >= 0.6 is 23.2 Å². The summed E-state index contributed by atoms with van der Waals surface area (Å²) in [5, 5.41) is 5.60. The number of carbonyl (C=O) groups excluding carboxylic acids is 2. The SMILES string of the molecule is COc1ccc(CCNC(=O)c2ccccc2NC(=O)CN(c2cccc(Cl)c2Cl)S(C)(=O)=O)cc1OC. The first-order valence-corrected chi connectivity index (χ1v) is 13.9. The third kappa shape index (κ3) is 7.31. The van der Waals surface area contributed by atoms with Gasteiger partial charge in [0.05, 0.1) is 47.5 Å². The molecule has 0 aliphatic heterocycles. The molecule has 2 amide bonds. The molecule has 12 heteroatoms. The Balaban J connectivity index is 1.69. The van der Waals surface area contributed by atoms with E-state index in [1.54, 1.807) is 44.6 Å². The zero-order valence-electron chi connectivity index (χ0n) is 21.0. The lowest BCUT2D eigenvalue weighted by Gasteiger charge is -2.23. The molecule has 0 saturated carbocycles. The number of amides is 2. The van der Waals surface area contributed by atoms with Gasteiger partial charge in [0.2, 0.25) is 15.9 Å². The van der Waals surface area contributed by atoms with Crippen LogP contribution in [0.15, 0.2) is 60.7 Å². The average Bonchev–Trinajstić information content (AvgIpc) is 2.88. The van der Waals surface area contributed by atoms with Gasteiger partial charge in [-0.15, -0.1) is 0 Å². The van der Waals surface area contributed by atoms with Crippen LogP contribution in [0.2, 0.25) is 10.0 Å². The first kappa shape index (κ1) is 29.1. The van der Waals surface area contributed by atoms with Gasteiger partial charge in [0.25, 0.3) is 5.91 Å². The van der Waals surface area contributed by atoms with E-state index in [1.165, 1.54) is 18.2 Å². The number of anilines is 2. The van der Waals surface area contributed by atoms with Crippen LogP contribution in [0.4, 0.5) is 11.4 Å². The highest BCUT2D eigenvalue weighted by Gasteiger charge is 2.24. The highest BCUT2D eigenvalue weighted by molar-refractivity contribution is 7.92. The molecule has 0 saturated heterocycles. The van der Waals surface area contributed by atoms with Crippen molar-refractivity contribution in [1.82, 2.24) is 5.32 Å². The van der Waals surface area contributed by atoms with Crippen molar-refractivity contribution in [3.05, 3.63) is 81.8 Å². The Morgan fingerprint density at radius 1 is 0.947 bits per heavy atom. The summed E-state index contributed by atoms with van der Waals surface area (Å²) >= 11 is 12.2. The molecule has 3 rings (SSSR count). The molecule has 0 unspecified atom stereocenters. The first-order valence-electron chi connectivity index (χ1n) is 11.3. The van der Waals surface area contributed by atoms with E-state index in [2.05, 4.69) is 10.6 Å². The number of para-hydroxylation sites is 1. The van der Waals surface area contributed by atoms with Crippen LogP contribution in [-0.2, 0) is 21.2 Å². The number of ether oxygens (including phenoxy) is 2. The minimum Gasteiger partial charge on any atom is -0.493 e. The molecule has 3 aromatic carbocycles. The molecular weight excluding hydrogens is 553 g/mol. The fraction of sp³-hybridized carbons (Fsp3) is 0.231. The van der Waals surface area contributed by atoms with Crippen molar-refractivity contribution in [3.8, 4) is 11.5 Å². The molecular formula is C26H27Cl2N3O6S. The summed E-state index contributed by atoms with van der Waals surface area (Å²) in [5.41, 5.74) is 1.45. The van der Waals surface area contributed by atoms with Crippen molar-refractivity contribution in [2.24, 2.45) is 0 Å².